The molecule has 84 valence electrons. The number of rotatable bonds is 1. The van der Waals surface area contributed by atoms with Crippen molar-refractivity contribution in [2.75, 3.05) is 0 Å². The average molecular weight is 231 g/mol. The molecule has 1 aromatic carbocycles. The molecule has 0 bridgehead atoms. The van der Waals surface area contributed by atoms with Crippen molar-refractivity contribution in [2.24, 2.45) is 0 Å². The summed E-state index contributed by atoms with van der Waals surface area (Å²) in [6.45, 7) is 0. The van der Waals surface area contributed by atoms with Gasteiger partial charge in [-0.3, -0.25) is 0 Å². The Hall–Kier alpha value is -2.23. The minimum absolute atomic E-state index is 0.0591. The molecule has 0 aliphatic carbocycles. The maximum absolute atomic E-state index is 13.6. The number of para-hydroxylation sites is 1. The molecular formula is C13H9F2N2+. The molecule has 0 atom stereocenters. The Morgan fingerprint density at radius 1 is 0.941 bits per heavy atom. The number of benzene rings is 1. The van der Waals surface area contributed by atoms with E-state index in [1.54, 1.807) is 16.9 Å². The first-order valence-corrected chi connectivity index (χ1v) is 5.18. The zero-order chi connectivity index (χ0) is 11.8. The van der Waals surface area contributed by atoms with Gasteiger partial charge in [-0.2, -0.15) is 4.57 Å². The predicted octanol–water partition coefficient (Wildman–Crippen LogP) is 2.49. The van der Waals surface area contributed by atoms with Gasteiger partial charge in [-0.15, -0.1) is 0 Å². The van der Waals surface area contributed by atoms with Crippen molar-refractivity contribution in [3.05, 3.63) is 66.8 Å². The van der Waals surface area contributed by atoms with Crippen molar-refractivity contribution < 1.29 is 13.3 Å². The first kappa shape index (κ1) is 9.96. The summed E-state index contributed by atoms with van der Waals surface area (Å²) in [6.07, 6.45) is 5.14. The molecule has 0 radical (unpaired) electrons. The molecule has 2 heterocycles. The summed E-state index contributed by atoms with van der Waals surface area (Å²) in [7, 11) is 0. The molecule has 0 saturated heterocycles. The Labute approximate surface area is 96.4 Å². The van der Waals surface area contributed by atoms with E-state index in [4.69, 9.17) is 0 Å². The lowest BCUT2D eigenvalue weighted by Crippen LogP contribution is -2.30. The highest BCUT2D eigenvalue weighted by Crippen LogP contribution is 2.12. The van der Waals surface area contributed by atoms with Crippen LogP contribution in [0.25, 0.3) is 11.2 Å². The summed E-state index contributed by atoms with van der Waals surface area (Å²) < 4.78 is 30.4. The van der Waals surface area contributed by atoms with Gasteiger partial charge in [0.2, 0.25) is 5.69 Å². The molecule has 2 nitrogen and oxygen atoms in total. The van der Waals surface area contributed by atoms with Crippen molar-refractivity contribution in [1.29, 1.82) is 0 Å². The highest BCUT2D eigenvalue weighted by molar-refractivity contribution is 5.42. The van der Waals surface area contributed by atoms with E-state index >= 15 is 0 Å². The number of nitrogens with zero attached hydrogens (tertiary/aromatic N) is 2. The Balaban J connectivity index is 2.27. The van der Waals surface area contributed by atoms with Crippen LogP contribution < -0.4 is 4.57 Å². The molecular weight excluding hydrogens is 222 g/mol. The minimum Gasteiger partial charge on any atom is -0.202 e. The third-order valence-corrected chi connectivity index (χ3v) is 2.64. The van der Waals surface area contributed by atoms with Crippen molar-refractivity contribution in [3.63, 3.8) is 0 Å². The molecule has 0 aliphatic rings. The smallest absolute Gasteiger partial charge is 0.202 e. The van der Waals surface area contributed by atoms with Gasteiger partial charge in [-0.1, -0.05) is 12.1 Å². The fraction of sp³-hybridized carbons (Fsp3) is 0. The highest BCUT2D eigenvalue weighted by atomic mass is 19.1. The van der Waals surface area contributed by atoms with E-state index in [2.05, 4.69) is 0 Å². The first-order valence-electron chi connectivity index (χ1n) is 5.18. The van der Waals surface area contributed by atoms with Crippen LogP contribution in [0.1, 0.15) is 0 Å². The predicted molar refractivity (Wildman–Crippen MR) is 58.8 cm³/mol. The number of halogens is 2. The van der Waals surface area contributed by atoms with Crippen LogP contribution in [0.5, 0.6) is 0 Å². The summed E-state index contributed by atoms with van der Waals surface area (Å²) >= 11 is 0. The van der Waals surface area contributed by atoms with E-state index in [9.17, 15) is 8.78 Å². The lowest BCUT2D eigenvalue weighted by molar-refractivity contribution is -0.598. The molecule has 0 aliphatic heterocycles. The molecule has 0 N–H and O–H groups in total. The summed E-state index contributed by atoms with van der Waals surface area (Å²) in [6, 6.07) is 9.44. The molecule has 0 spiro atoms. The van der Waals surface area contributed by atoms with Crippen LogP contribution in [-0.4, -0.2) is 4.40 Å². The maximum atomic E-state index is 13.6. The molecule has 3 rings (SSSR count). The summed E-state index contributed by atoms with van der Waals surface area (Å²) in [4.78, 5) is 0. The van der Waals surface area contributed by atoms with Crippen LogP contribution in [-0.2, 0) is 0 Å². The van der Waals surface area contributed by atoms with Crippen LogP contribution in [0.3, 0.4) is 0 Å². The van der Waals surface area contributed by atoms with Gasteiger partial charge in [0.25, 0.3) is 6.33 Å². The number of pyridine rings is 1. The average Bonchev–Trinajstić information content (AvgIpc) is 2.71. The van der Waals surface area contributed by atoms with Crippen LogP contribution in [0.4, 0.5) is 8.78 Å². The molecule has 3 aromatic rings. The van der Waals surface area contributed by atoms with E-state index in [1.165, 1.54) is 22.8 Å². The molecule has 17 heavy (non-hydrogen) atoms. The van der Waals surface area contributed by atoms with Gasteiger partial charge in [-0.25, -0.2) is 13.2 Å². The standard InChI is InChI=1S/C13H9F2N2/c14-11-5-3-6-12(15)13(11)17-8-10-4-1-2-7-16(10)9-17/h1-9H/q+1. The van der Waals surface area contributed by atoms with Crippen LogP contribution in [0.15, 0.2) is 55.1 Å². The Morgan fingerprint density at radius 3 is 2.41 bits per heavy atom. The molecule has 0 unspecified atom stereocenters. The number of fused-ring (bicyclic) bond motifs is 1. The Kier molecular flexibility index (Phi) is 2.14. The fourth-order valence-corrected chi connectivity index (χ4v) is 1.85. The monoisotopic (exact) mass is 231 g/mol. The van der Waals surface area contributed by atoms with E-state index in [0.29, 0.717) is 0 Å². The van der Waals surface area contributed by atoms with Crippen LogP contribution in [0.2, 0.25) is 0 Å². The van der Waals surface area contributed by atoms with Gasteiger partial charge in [0, 0.05) is 0 Å². The molecule has 4 heteroatoms. The number of hydrogen-bond acceptors (Lipinski definition) is 0. The van der Waals surface area contributed by atoms with Gasteiger partial charge in [-0.05, 0) is 24.3 Å². The van der Waals surface area contributed by atoms with Gasteiger partial charge in [0.1, 0.15) is 6.20 Å². The second kappa shape index (κ2) is 3.66. The van der Waals surface area contributed by atoms with Gasteiger partial charge < -0.3 is 0 Å². The van der Waals surface area contributed by atoms with E-state index in [0.717, 1.165) is 5.52 Å². The molecule has 0 amide bonds. The topological polar surface area (TPSA) is 8.29 Å². The van der Waals surface area contributed by atoms with Crippen molar-refractivity contribution in [1.82, 2.24) is 4.40 Å². The van der Waals surface area contributed by atoms with Crippen molar-refractivity contribution >= 4 is 5.52 Å². The quantitative estimate of drug-likeness (QED) is 0.569. The second-order valence-corrected chi connectivity index (χ2v) is 3.75. The van der Waals surface area contributed by atoms with Crippen LogP contribution >= 0.6 is 0 Å². The van der Waals surface area contributed by atoms with Crippen LogP contribution in [0, 0.1) is 11.6 Å². The lowest BCUT2D eigenvalue weighted by Gasteiger charge is -1.98. The molecule has 0 saturated carbocycles. The third-order valence-electron chi connectivity index (χ3n) is 2.64. The zero-order valence-corrected chi connectivity index (χ0v) is 8.85. The second-order valence-electron chi connectivity index (χ2n) is 3.75. The number of aromatic nitrogens is 2. The Bertz CT molecular complexity index is 635. The van der Waals surface area contributed by atoms with E-state index in [-0.39, 0.29) is 5.69 Å². The summed E-state index contributed by atoms with van der Waals surface area (Å²) in [5, 5.41) is 0. The lowest BCUT2D eigenvalue weighted by atomic mass is 10.3. The third kappa shape index (κ3) is 1.58. The normalized spacial score (nSPS) is 10.9. The largest absolute Gasteiger partial charge is 0.254 e. The fourth-order valence-electron chi connectivity index (χ4n) is 1.85. The highest BCUT2D eigenvalue weighted by Gasteiger charge is 2.17. The SMILES string of the molecule is Fc1cccc(F)c1-[n+]1cc2ccccn2c1. The minimum atomic E-state index is -0.578. The van der Waals surface area contributed by atoms with Gasteiger partial charge >= 0.3 is 0 Å². The molecule has 0 fully saturated rings. The van der Waals surface area contributed by atoms with E-state index in [1.807, 2.05) is 24.4 Å². The van der Waals surface area contributed by atoms with Crippen molar-refractivity contribution in [2.45, 2.75) is 0 Å². The number of imidazole rings is 1. The maximum Gasteiger partial charge on any atom is 0.254 e. The van der Waals surface area contributed by atoms with Gasteiger partial charge in [0.05, 0.1) is 6.20 Å². The Morgan fingerprint density at radius 2 is 1.71 bits per heavy atom. The first-order chi connectivity index (χ1) is 8.25. The molecule has 2 aromatic heterocycles. The van der Waals surface area contributed by atoms with Crippen molar-refractivity contribution in [3.8, 4) is 5.69 Å². The van der Waals surface area contributed by atoms with Gasteiger partial charge in [0.15, 0.2) is 17.2 Å². The number of hydrogen-bond donors (Lipinski definition) is 0. The summed E-state index contributed by atoms with van der Waals surface area (Å²) in [5.41, 5.74) is 0.811. The summed E-state index contributed by atoms with van der Waals surface area (Å²) in [5.74, 6) is -1.16. The zero-order valence-electron chi connectivity index (χ0n) is 8.85. The van der Waals surface area contributed by atoms with E-state index < -0.39 is 11.6 Å².